The quantitative estimate of drug-likeness (QED) is 0.859. The first-order chi connectivity index (χ1) is 9.54. The molecule has 2 heterocycles. The minimum absolute atomic E-state index is 0.0102. The van der Waals surface area contributed by atoms with Crippen molar-refractivity contribution in [3.8, 4) is 6.07 Å². The van der Waals surface area contributed by atoms with Crippen molar-refractivity contribution in [2.45, 2.75) is 31.8 Å². The number of piperidine rings is 1. The van der Waals surface area contributed by atoms with Gasteiger partial charge in [0.1, 0.15) is 6.07 Å². The smallest absolute Gasteiger partial charge is 0.413 e. The standard InChI is InChI=1S/C12H14ClN5O2/c1-7-9(3-2-4-15-7)18(12(19)20)10-6-16-8(5-14)11(13)17-10/h6-7,9,15H,2-4H2,1H3,(H,19,20). The van der Waals surface area contributed by atoms with Crippen molar-refractivity contribution in [2.75, 3.05) is 11.4 Å². The Balaban J connectivity index is 2.36. The fourth-order valence-electron chi connectivity index (χ4n) is 2.34. The molecular formula is C12H14ClN5O2. The van der Waals surface area contributed by atoms with E-state index in [4.69, 9.17) is 16.9 Å². The number of carbonyl (C=O) groups is 1. The Morgan fingerprint density at radius 3 is 3.00 bits per heavy atom. The van der Waals surface area contributed by atoms with Crippen LogP contribution in [0.15, 0.2) is 6.20 Å². The van der Waals surface area contributed by atoms with Gasteiger partial charge < -0.3 is 10.4 Å². The van der Waals surface area contributed by atoms with Crippen LogP contribution >= 0.6 is 11.6 Å². The summed E-state index contributed by atoms with van der Waals surface area (Å²) >= 11 is 5.82. The lowest BCUT2D eigenvalue weighted by molar-refractivity contribution is 0.193. The van der Waals surface area contributed by atoms with Crippen LogP contribution in [0.25, 0.3) is 0 Å². The average molecular weight is 296 g/mol. The van der Waals surface area contributed by atoms with E-state index in [0.717, 1.165) is 24.3 Å². The van der Waals surface area contributed by atoms with E-state index in [0.29, 0.717) is 0 Å². The maximum Gasteiger partial charge on any atom is 0.413 e. The summed E-state index contributed by atoms with van der Waals surface area (Å²) in [5.74, 6) is 0.141. The highest BCUT2D eigenvalue weighted by Crippen LogP contribution is 2.23. The largest absolute Gasteiger partial charge is 0.465 e. The van der Waals surface area contributed by atoms with Crippen molar-refractivity contribution in [1.82, 2.24) is 15.3 Å². The monoisotopic (exact) mass is 295 g/mol. The molecule has 1 aromatic heterocycles. The second-order valence-corrected chi connectivity index (χ2v) is 4.94. The van der Waals surface area contributed by atoms with Crippen LogP contribution in [0.5, 0.6) is 0 Å². The van der Waals surface area contributed by atoms with Crippen LogP contribution < -0.4 is 10.2 Å². The molecule has 0 saturated carbocycles. The van der Waals surface area contributed by atoms with Crippen molar-refractivity contribution in [1.29, 1.82) is 5.26 Å². The molecule has 0 radical (unpaired) electrons. The van der Waals surface area contributed by atoms with Crippen LogP contribution in [-0.4, -0.2) is 39.8 Å². The van der Waals surface area contributed by atoms with Gasteiger partial charge in [-0.3, -0.25) is 4.90 Å². The van der Waals surface area contributed by atoms with Crippen LogP contribution in [0.1, 0.15) is 25.5 Å². The summed E-state index contributed by atoms with van der Waals surface area (Å²) in [6.45, 7) is 2.80. The van der Waals surface area contributed by atoms with Crippen molar-refractivity contribution < 1.29 is 9.90 Å². The number of halogens is 1. The third-order valence-electron chi connectivity index (χ3n) is 3.33. The summed E-state index contributed by atoms with van der Waals surface area (Å²) in [6, 6.07) is 1.57. The van der Waals surface area contributed by atoms with E-state index < -0.39 is 6.09 Å². The zero-order chi connectivity index (χ0) is 14.7. The van der Waals surface area contributed by atoms with Gasteiger partial charge in [0, 0.05) is 6.04 Å². The number of nitrogens with one attached hydrogen (secondary N) is 1. The van der Waals surface area contributed by atoms with Gasteiger partial charge in [0.15, 0.2) is 16.7 Å². The minimum Gasteiger partial charge on any atom is -0.465 e. The molecule has 0 spiro atoms. The van der Waals surface area contributed by atoms with Crippen LogP contribution in [0.2, 0.25) is 5.15 Å². The van der Waals surface area contributed by atoms with Gasteiger partial charge in [-0.25, -0.2) is 14.8 Å². The molecule has 2 N–H and O–H groups in total. The number of nitrogens with zero attached hydrogens (tertiary/aromatic N) is 4. The summed E-state index contributed by atoms with van der Waals surface area (Å²) in [7, 11) is 0. The third kappa shape index (κ3) is 2.81. The van der Waals surface area contributed by atoms with E-state index in [1.54, 1.807) is 6.07 Å². The van der Waals surface area contributed by atoms with Crippen LogP contribution in [0.4, 0.5) is 10.6 Å². The van der Waals surface area contributed by atoms with E-state index in [1.807, 2.05) is 6.92 Å². The number of aromatic nitrogens is 2. The highest BCUT2D eigenvalue weighted by molar-refractivity contribution is 6.30. The first kappa shape index (κ1) is 14.5. The molecule has 2 rings (SSSR count). The Hall–Kier alpha value is -1.91. The molecule has 1 aliphatic rings. The number of hydrogen-bond acceptors (Lipinski definition) is 5. The Bertz CT molecular complexity index is 559. The predicted molar refractivity (Wildman–Crippen MR) is 72.7 cm³/mol. The molecule has 20 heavy (non-hydrogen) atoms. The minimum atomic E-state index is -1.11. The van der Waals surface area contributed by atoms with E-state index in [-0.39, 0.29) is 28.7 Å². The highest BCUT2D eigenvalue weighted by Gasteiger charge is 2.32. The highest BCUT2D eigenvalue weighted by atomic mass is 35.5. The molecular weight excluding hydrogens is 282 g/mol. The number of anilines is 1. The van der Waals surface area contributed by atoms with Crippen LogP contribution in [0.3, 0.4) is 0 Å². The molecule has 1 saturated heterocycles. The fourth-order valence-corrected chi connectivity index (χ4v) is 2.52. The van der Waals surface area contributed by atoms with Gasteiger partial charge in [0.2, 0.25) is 0 Å². The van der Waals surface area contributed by atoms with E-state index >= 15 is 0 Å². The molecule has 1 amide bonds. The third-order valence-corrected chi connectivity index (χ3v) is 3.59. The van der Waals surface area contributed by atoms with Gasteiger partial charge in [0.25, 0.3) is 0 Å². The summed E-state index contributed by atoms with van der Waals surface area (Å²) in [5, 5.41) is 21.4. The van der Waals surface area contributed by atoms with Gasteiger partial charge in [0.05, 0.1) is 12.2 Å². The Labute approximate surface area is 121 Å². The Morgan fingerprint density at radius 1 is 1.70 bits per heavy atom. The van der Waals surface area contributed by atoms with Crippen molar-refractivity contribution in [3.63, 3.8) is 0 Å². The van der Waals surface area contributed by atoms with Crippen molar-refractivity contribution in [2.24, 2.45) is 0 Å². The number of hydrogen-bond donors (Lipinski definition) is 2. The number of rotatable bonds is 2. The van der Waals surface area contributed by atoms with Crippen molar-refractivity contribution in [3.05, 3.63) is 17.0 Å². The number of nitriles is 1. The molecule has 1 aliphatic heterocycles. The van der Waals surface area contributed by atoms with Gasteiger partial charge in [-0.2, -0.15) is 5.26 Å². The molecule has 0 bridgehead atoms. The molecule has 1 fully saturated rings. The molecule has 106 valence electrons. The molecule has 1 aromatic rings. The number of carboxylic acid groups (broad SMARTS) is 1. The Kier molecular flexibility index (Phi) is 4.37. The zero-order valence-electron chi connectivity index (χ0n) is 10.9. The van der Waals surface area contributed by atoms with E-state index in [1.165, 1.54) is 6.20 Å². The first-order valence-electron chi connectivity index (χ1n) is 6.22. The predicted octanol–water partition coefficient (Wildman–Crippen LogP) is 1.63. The molecule has 0 aromatic carbocycles. The molecule has 8 heteroatoms. The van der Waals surface area contributed by atoms with Crippen LogP contribution in [-0.2, 0) is 0 Å². The molecule has 2 unspecified atom stereocenters. The van der Waals surface area contributed by atoms with Crippen LogP contribution in [0, 0.1) is 11.3 Å². The maximum absolute atomic E-state index is 11.5. The van der Waals surface area contributed by atoms with Gasteiger partial charge >= 0.3 is 6.09 Å². The van der Waals surface area contributed by atoms with Gasteiger partial charge in [-0.1, -0.05) is 11.6 Å². The lowest BCUT2D eigenvalue weighted by Crippen LogP contribution is -2.54. The van der Waals surface area contributed by atoms with E-state index in [9.17, 15) is 9.90 Å². The molecule has 2 atom stereocenters. The maximum atomic E-state index is 11.5. The summed E-state index contributed by atoms with van der Waals surface area (Å²) in [4.78, 5) is 20.5. The average Bonchev–Trinajstić information content (AvgIpc) is 2.41. The first-order valence-corrected chi connectivity index (χ1v) is 6.60. The number of amides is 1. The SMILES string of the molecule is CC1NCCCC1N(C(=O)O)c1cnc(C#N)c(Cl)n1. The Morgan fingerprint density at radius 2 is 2.45 bits per heavy atom. The normalized spacial score (nSPS) is 22.1. The summed E-state index contributed by atoms with van der Waals surface area (Å²) < 4.78 is 0. The summed E-state index contributed by atoms with van der Waals surface area (Å²) in [5.41, 5.74) is -0.0180. The molecule has 7 nitrogen and oxygen atoms in total. The van der Waals surface area contributed by atoms with Gasteiger partial charge in [-0.15, -0.1) is 0 Å². The summed E-state index contributed by atoms with van der Waals surface area (Å²) in [6.07, 6.45) is 1.77. The lowest BCUT2D eigenvalue weighted by atomic mass is 9.98. The fraction of sp³-hybridized carbons (Fsp3) is 0.500. The van der Waals surface area contributed by atoms with Crippen molar-refractivity contribution >= 4 is 23.5 Å². The van der Waals surface area contributed by atoms with Gasteiger partial charge in [-0.05, 0) is 26.3 Å². The zero-order valence-corrected chi connectivity index (χ0v) is 11.6. The molecule has 0 aliphatic carbocycles. The lowest BCUT2D eigenvalue weighted by Gasteiger charge is -2.36. The second kappa shape index (κ2) is 6.03. The second-order valence-electron chi connectivity index (χ2n) is 4.58. The topological polar surface area (TPSA) is 102 Å². The van der Waals surface area contributed by atoms with E-state index in [2.05, 4.69) is 15.3 Å².